The predicted molar refractivity (Wildman–Crippen MR) is 98.3 cm³/mol. The number of fused-ring (bicyclic) bond motifs is 1. The zero-order chi connectivity index (χ0) is 18.7. The van der Waals surface area contributed by atoms with Gasteiger partial charge in [0.15, 0.2) is 5.76 Å². The number of aliphatic carboxylic acids is 1. The highest BCUT2D eigenvalue weighted by Gasteiger charge is 2.29. The number of nitrogens with zero attached hydrogens (tertiary/aromatic N) is 2. The maximum atomic E-state index is 12.8. The Kier molecular flexibility index (Phi) is 5.30. The Morgan fingerprint density at radius 3 is 2.81 bits per heavy atom. The number of amides is 1. The van der Waals surface area contributed by atoms with E-state index in [2.05, 4.69) is 24.0 Å². The maximum Gasteiger partial charge on any atom is 0.323 e. The molecule has 1 aromatic heterocycles. The second-order valence-corrected chi connectivity index (χ2v) is 6.71. The van der Waals surface area contributed by atoms with E-state index in [0.29, 0.717) is 25.6 Å². The van der Waals surface area contributed by atoms with Crippen LogP contribution in [0.25, 0.3) is 0 Å². The SMILES string of the molecule is CCCN(CC(=O)O)C(=O)c1occc1CN1c2ccccc2CC1C. The first-order valence-electron chi connectivity index (χ1n) is 8.93. The average molecular weight is 356 g/mol. The van der Waals surface area contributed by atoms with Crippen molar-refractivity contribution < 1.29 is 19.1 Å². The monoisotopic (exact) mass is 356 g/mol. The largest absolute Gasteiger partial charge is 0.480 e. The summed E-state index contributed by atoms with van der Waals surface area (Å²) in [5.74, 6) is -1.16. The van der Waals surface area contributed by atoms with Crippen molar-refractivity contribution in [3.8, 4) is 0 Å². The molecule has 1 aliphatic rings. The lowest BCUT2D eigenvalue weighted by atomic mass is 10.1. The minimum Gasteiger partial charge on any atom is -0.480 e. The number of benzene rings is 1. The van der Waals surface area contributed by atoms with Gasteiger partial charge in [0, 0.05) is 30.4 Å². The summed E-state index contributed by atoms with van der Waals surface area (Å²) in [4.78, 5) is 27.5. The van der Waals surface area contributed by atoms with Gasteiger partial charge in [-0.3, -0.25) is 9.59 Å². The second kappa shape index (κ2) is 7.64. The van der Waals surface area contributed by atoms with E-state index in [0.717, 1.165) is 12.0 Å². The van der Waals surface area contributed by atoms with Gasteiger partial charge < -0.3 is 19.3 Å². The number of rotatable bonds is 7. The Labute approximate surface area is 153 Å². The van der Waals surface area contributed by atoms with Gasteiger partial charge in [0.05, 0.1) is 6.26 Å². The van der Waals surface area contributed by atoms with Crippen molar-refractivity contribution in [3.63, 3.8) is 0 Å². The molecule has 6 heteroatoms. The highest BCUT2D eigenvalue weighted by Crippen LogP contribution is 2.33. The van der Waals surface area contributed by atoms with Gasteiger partial charge >= 0.3 is 5.97 Å². The van der Waals surface area contributed by atoms with Crippen molar-refractivity contribution in [1.82, 2.24) is 4.90 Å². The van der Waals surface area contributed by atoms with Crippen molar-refractivity contribution in [2.24, 2.45) is 0 Å². The number of carboxylic acid groups (broad SMARTS) is 1. The first-order chi connectivity index (χ1) is 12.5. The molecule has 1 unspecified atom stereocenters. The molecule has 0 bridgehead atoms. The number of anilines is 1. The standard InChI is InChI=1S/C20H24N2O4/c1-3-9-21(13-18(23)24)20(25)19-16(8-10-26-19)12-22-14(2)11-15-6-4-5-7-17(15)22/h4-8,10,14H,3,9,11-13H2,1-2H3,(H,23,24). The summed E-state index contributed by atoms with van der Waals surface area (Å²) in [6, 6.07) is 10.4. The summed E-state index contributed by atoms with van der Waals surface area (Å²) >= 11 is 0. The van der Waals surface area contributed by atoms with E-state index < -0.39 is 5.97 Å². The van der Waals surface area contributed by atoms with Gasteiger partial charge in [-0.25, -0.2) is 0 Å². The summed E-state index contributed by atoms with van der Waals surface area (Å²) in [5.41, 5.74) is 3.26. The summed E-state index contributed by atoms with van der Waals surface area (Å²) in [6.45, 7) is 4.69. The summed E-state index contributed by atoms with van der Waals surface area (Å²) in [7, 11) is 0. The van der Waals surface area contributed by atoms with Crippen molar-refractivity contribution >= 4 is 17.6 Å². The van der Waals surface area contributed by atoms with Crippen LogP contribution in [0.15, 0.2) is 41.0 Å². The van der Waals surface area contributed by atoms with Gasteiger partial charge in [-0.2, -0.15) is 0 Å². The summed E-state index contributed by atoms with van der Waals surface area (Å²) in [6.07, 6.45) is 3.16. The van der Waals surface area contributed by atoms with E-state index in [1.54, 1.807) is 6.07 Å². The van der Waals surface area contributed by atoms with Crippen molar-refractivity contribution in [1.29, 1.82) is 0 Å². The normalized spacial score (nSPS) is 15.8. The first kappa shape index (κ1) is 18.0. The highest BCUT2D eigenvalue weighted by molar-refractivity contribution is 5.94. The van der Waals surface area contributed by atoms with Crippen LogP contribution in [0.1, 0.15) is 41.9 Å². The molecule has 1 aliphatic heterocycles. The zero-order valence-corrected chi connectivity index (χ0v) is 15.1. The number of furan rings is 1. The van der Waals surface area contributed by atoms with Gasteiger partial charge in [0.25, 0.3) is 5.91 Å². The van der Waals surface area contributed by atoms with Crippen LogP contribution in [0.2, 0.25) is 0 Å². The van der Waals surface area contributed by atoms with Crippen molar-refractivity contribution in [3.05, 3.63) is 53.5 Å². The van der Waals surface area contributed by atoms with E-state index in [1.807, 2.05) is 19.1 Å². The molecule has 0 saturated heterocycles. The van der Waals surface area contributed by atoms with E-state index >= 15 is 0 Å². The molecule has 138 valence electrons. The number of hydrogen-bond acceptors (Lipinski definition) is 4. The smallest absolute Gasteiger partial charge is 0.323 e. The number of carbonyl (C=O) groups excluding carboxylic acids is 1. The quantitative estimate of drug-likeness (QED) is 0.825. The second-order valence-electron chi connectivity index (χ2n) is 6.71. The van der Waals surface area contributed by atoms with Crippen LogP contribution in [0.5, 0.6) is 0 Å². The lowest BCUT2D eigenvalue weighted by Gasteiger charge is -2.25. The molecule has 0 spiro atoms. The maximum absolute atomic E-state index is 12.8. The molecule has 1 aromatic carbocycles. The molecule has 1 N–H and O–H groups in total. The molecule has 2 heterocycles. The predicted octanol–water partition coefficient (Wildman–Crippen LogP) is 3.17. The van der Waals surface area contributed by atoms with Crippen LogP contribution in [-0.4, -0.2) is 41.0 Å². The molecule has 6 nitrogen and oxygen atoms in total. The fourth-order valence-corrected chi connectivity index (χ4v) is 3.53. The number of carboxylic acids is 1. The molecule has 0 fully saturated rings. The fourth-order valence-electron chi connectivity index (χ4n) is 3.53. The number of para-hydroxylation sites is 1. The summed E-state index contributed by atoms with van der Waals surface area (Å²) < 4.78 is 5.46. The molecule has 0 radical (unpaired) electrons. The fraction of sp³-hybridized carbons (Fsp3) is 0.400. The summed E-state index contributed by atoms with van der Waals surface area (Å²) in [5, 5.41) is 9.07. The van der Waals surface area contributed by atoms with E-state index in [-0.39, 0.29) is 18.2 Å². The highest BCUT2D eigenvalue weighted by atomic mass is 16.4. The average Bonchev–Trinajstić information content (AvgIpc) is 3.19. The Hall–Kier alpha value is -2.76. The molecular weight excluding hydrogens is 332 g/mol. The molecule has 1 atom stereocenters. The Morgan fingerprint density at radius 1 is 1.31 bits per heavy atom. The van der Waals surface area contributed by atoms with Gasteiger partial charge in [-0.15, -0.1) is 0 Å². The van der Waals surface area contributed by atoms with E-state index in [4.69, 9.17) is 9.52 Å². The van der Waals surface area contributed by atoms with E-state index in [9.17, 15) is 9.59 Å². The van der Waals surface area contributed by atoms with Crippen LogP contribution in [-0.2, 0) is 17.8 Å². The van der Waals surface area contributed by atoms with Crippen LogP contribution in [0, 0.1) is 0 Å². The molecule has 2 aromatic rings. The third kappa shape index (κ3) is 3.59. The van der Waals surface area contributed by atoms with Crippen LogP contribution < -0.4 is 4.90 Å². The lowest BCUT2D eigenvalue weighted by Crippen LogP contribution is -2.37. The topological polar surface area (TPSA) is 74.0 Å². The molecule has 0 saturated carbocycles. The van der Waals surface area contributed by atoms with Crippen LogP contribution in [0.4, 0.5) is 5.69 Å². The molecule has 26 heavy (non-hydrogen) atoms. The Balaban J connectivity index is 1.82. The van der Waals surface area contributed by atoms with Gasteiger partial charge in [-0.1, -0.05) is 25.1 Å². The third-order valence-corrected chi connectivity index (χ3v) is 4.74. The molecule has 0 aliphatic carbocycles. The van der Waals surface area contributed by atoms with Crippen molar-refractivity contribution in [2.45, 2.75) is 39.3 Å². The number of hydrogen-bond donors (Lipinski definition) is 1. The van der Waals surface area contributed by atoms with Crippen molar-refractivity contribution in [2.75, 3.05) is 18.0 Å². The van der Waals surface area contributed by atoms with Crippen LogP contribution in [0.3, 0.4) is 0 Å². The lowest BCUT2D eigenvalue weighted by molar-refractivity contribution is -0.137. The van der Waals surface area contributed by atoms with Gasteiger partial charge in [-0.05, 0) is 37.5 Å². The Bertz CT molecular complexity index is 799. The minimum atomic E-state index is -1.03. The number of carbonyl (C=O) groups is 2. The minimum absolute atomic E-state index is 0.233. The van der Waals surface area contributed by atoms with Gasteiger partial charge in [0.1, 0.15) is 6.54 Å². The van der Waals surface area contributed by atoms with E-state index in [1.165, 1.54) is 22.4 Å². The van der Waals surface area contributed by atoms with Crippen LogP contribution >= 0.6 is 0 Å². The molecule has 1 amide bonds. The third-order valence-electron chi connectivity index (χ3n) is 4.74. The zero-order valence-electron chi connectivity index (χ0n) is 15.1. The first-order valence-corrected chi connectivity index (χ1v) is 8.93. The Morgan fingerprint density at radius 2 is 2.08 bits per heavy atom. The molecular formula is C20H24N2O4. The van der Waals surface area contributed by atoms with Gasteiger partial charge in [0.2, 0.25) is 0 Å². The molecule has 3 rings (SSSR count).